The summed E-state index contributed by atoms with van der Waals surface area (Å²) in [7, 11) is 0. The van der Waals surface area contributed by atoms with Gasteiger partial charge in [0.05, 0.1) is 40.4 Å². The monoisotopic (exact) mass is 612 g/mol. The van der Waals surface area contributed by atoms with E-state index in [1.54, 1.807) is 10.6 Å². The summed E-state index contributed by atoms with van der Waals surface area (Å²) in [5.74, 6) is -0.389. The number of aliphatic carboxylic acids is 1. The number of hydrogen-bond acceptors (Lipinski definition) is 7. The van der Waals surface area contributed by atoms with Crippen molar-refractivity contribution in [2.24, 2.45) is 0 Å². The van der Waals surface area contributed by atoms with Gasteiger partial charge in [-0.3, -0.25) is 0 Å². The second kappa shape index (κ2) is 13.0. The summed E-state index contributed by atoms with van der Waals surface area (Å²) in [5.41, 5.74) is 4.27. The summed E-state index contributed by atoms with van der Waals surface area (Å²) >= 11 is 0. The number of aryl methyl sites for hydroxylation is 2. The highest BCUT2D eigenvalue weighted by molar-refractivity contribution is 5.79. The van der Waals surface area contributed by atoms with Crippen LogP contribution in [-0.4, -0.2) is 66.4 Å². The van der Waals surface area contributed by atoms with Crippen LogP contribution in [-0.2, 0) is 20.7 Å². The normalized spacial score (nSPS) is 15.7. The van der Waals surface area contributed by atoms with Crippen molar-refractivity contribution in [3.05, 3.63) is 84.9 Å². The number of rotatable bonds is 12. The lowest BCUT2D eigenvalue weighted by Gasteiger charge is -2.41. The maximum absolute atomic E-state index is 12.7. The summed E-state index contributed by atoms with van der Waals surface area (Å²) in [6.45, 7) is 18.9. The van der Waals surface area contributed by atoms with Crippen LogP contribution in [0.2, 0.25) is 0 Å². The molecule has 3 aromatic heterocycles. The van der Waals surface area contributed by atoms with Crippen LogP contribution < -0.4 is 4.90 Å². The van der Waals surface area contributed by atoms with Crippen LogP contribution in [0, 0.1) is 6.92 Å². The Balaban J connectivity index is 1.60. The van der Waals surface area contributed by atoms with Gasteiger partial charge in [0, 0.05) is 36.6 Å². The highest BCUT2D eigenvalue weighted by Crippen LogP contribution is 2.38. The van der Waals surface area contributed by atoms with Gasteiger partial charge in [0.1, 0.15) is 5.82 Å². The Morgan fingerprint density at radius 1 is 1.13 bits per heavy atom. The number of ether oxygens (including phenoxy) is 2. The number of piperidine rings is 1. The van der Waals surface area contributed by atoms with Gasteiger partial charge in [-0.05, 0) is 78.5 Å². The molecule has 0 saturated carbocycles. The standard InChI is InChI=1S/C35H44N6O4/c1-8-10-13-26-15-18-40(37-26)27-14-11-12-25(22-27)28-23-29-36-24(3)30(31(33(42)43)45-34(4,5)6)32(41(29)38-28)39-19-16-35(7,17-20-39)44-21-9-2/h8-9,11-12,14-15,18,22-23,31H,1-2,10,13,16-17,19-21H2,3-7H3,(H,42,43). The van der Waals surface area contributed by atoms with Gasteiger partial charge >= 0.3 is 5.97 Å². The SMILES string of the molecule is C=CCCc1ccn(-c2cccc(-c3cc4nc(C)c(C(OC(C)(C)C)C(=O)O)c(N5CCC(C)(OCC=C)CC5)n4n3)c2)n1. The number of anilines is 1. The van der Waals surface area contributed by atoms with Gasteiger partial charge < -0.3 is 19.5 Å². The number of carboxylic acids is 1. The molecule has 0 amide bonds. The molecule has 0 aliphatic carbocycles. The quantitative estimate of drug-likeness (QED) is 0.181. The van der Waals surface area contributed by atoms with Gasteiger partial charge in [0.15, 0.2) is 11.8 Å². The van der Waals surface area contributed by atoms with Crippen molar-refractivity contribution in [1.29, 1.82) is 0 Å². The lowest BCUT2D eigenvalue weighted by Crippen LogP contribution is -2.45. The van der Waals surface area contributed by atoms with E-state index in [2.05, 4.69) is 25.0 Å². The summed E-state index contributed by atoms with van der Waals surface area (Å²) < 4.78 is 15.9. The Bertz CT molecular complexity index is 1690. The highest BCUT2D eigenvalue weighted by atomic mass is 16.5. The molecule has 1 aliphatic rings. The maximum atomic E-state index is 12.7. The second-order valence-corrected chi connectivity index (χ2v) is 12.8. The second-order valence-electron chi connectivity index (χ2n) is 12.8. The molecule has 0 spiro atoms. The van der Waals surface area contributed by atoms with Crippen LogP contribution in [0.25, 0.3) is 22.6 Å². The lowest BCUT2D eigenvalue weighted by molar-refractivity contribution is -0.160. The topological polar surface area (TPSA) is 107 Å². The van der Waals surface area contributed by atoms with Crippen LogP contribution in [0.15, 0.2) is 67.9 Å². The predicted molar refractivity (Wildman–Crippen MR) is 176 cm³/mol. The molecule has 4 heterocycles. The fourth-order valence-corrected chi connectivity index (χ4v) is 5.75. The van der Waals surface area contributed by atoms with Gasteiger partial charge in [0.2, 0.25) is 0 Å². The van der Waals surface area contributed by atoms with Gasteiger partial charge in [-0.25, -0.2) is 14.5 Å². The Morgan fingerprint density at radius 3 is 2.56 bits per heavy atom. The van der Waals surface area contributed by atoms with E-state index < -0.39 is 17.7 Å². The number of allylic oxidation sites excluding steroid dienone is 1. The van der Waals surface area contributed by atoms with Crippen molar-refractivity contribution in [2.45, 2.75) is 77.6 Å². The molecule has 0 bridgehead atoms. The van der Waals surface area contributed by atoms with E-state index in [9.17, 15) is 9.90 Å². The fourth-order valence-electron chi connectivity index (χ4n) is 5.75. The summed E-state index contributed by atoms with van der Waals surface area (Å²) in [4.78, 5) is 19.8. The van der Waals surface area contributed by atoms with E-state index in [-0.39, 0.29) is 5.60 Å². The maximum Gasteiger partial charge on any atom is 0.337 e. The third-order valence-electron chi connectivity index (χ3n) is 8.09. The number of fused-ring (bicyclic) bond motifs is 1. The third kappa shape index (κ3) is 7.18. The molecule has 45 heavy (non-hydrogen) atoms. The first-order chi connectivity index (χ1) is 21.4. The molecule has 1 aromatic carbocycles. The van der Waals surface area contributed by atoms with Gasteiger partial charge in [-0.1, -0.05) is 24.3 Å². The summed E-state index contributed by atoms with van der Waals surface area (Å²) in [5, 5.41) is 20.2. The minimum absolute atomic E-state index is 0.298. The first kappa shape index (κ1) is 32.1. The predicted octanol–water partition coefficient (Wildman–Crippen LogP) is 6.51. The van der Waals surface area contributed by atoms with Crippen molar-refractivity contribution in [3.8, 4) is 16.9 Å². The van der Waals surface area contributed by atoms with E-state index in [0.29, 0.717) is 42.4 Å². The third-order valence-corrected chi connectivity index (χ3v) is 8.09. The van der Waals surface area contributed by atoms with Gasteiger partial charge in [-0.15, -0.1) is 13.2 Å². The molecule has 1 saturated heterocycles. The largest absolute Gasteiger partial charge is 0.479 e. The van der Waals surface area contributed by atoms with E-state index >= 15 is 0 Å². The summed E-state index contributed by atoms with van der Waals surface area (Å²) in [6.07, 6.45) is 7.62. The van der Waals surface area contributed by atoms with Crippen LogP contribution in [0.1, 0.15) is 70.0 Å². The number of carbonyl (C=O) groups is 1. The minimum Gasteiger partial charge on any atom is -0.479 e. The molecule has 1 unspecified atom stereocenters. The smallest absolute Gasteiger partial charge is 0.337 e. The number of carboxylic acid groups (broad SMARTS) is 1. The first-order valence-corrected chi connectivity index (χ1v) is 15.5. The molecule has 0 radical (unpaired) electrons. The minimum atomic E-state index is -1.23. The Hall–Kier alpha value is -4.28. The zero-order valence-electron chi connectivity index (χ0n) is 27.0. The van der Waals surface area contributed by atoms with E-state index in [0.717, 1.165) is 48.3 Å². The van der Waals surface area contributed by atoms with E-state index in [1.807, 2.05) is 81.0 Å². The Morgan fingerprint density at radius 2 is 1.89 bits per heavy atom. The molecule has 1 N–H and O–H groups in total. The van der Waals surface area contributed by atoms with E-state index in [4.69, 9.17) is 24.7 Å². The molecular formula is C35H44N6O4. The number of aromatic nitrogens is 5. The highest BCUT2D eigenvalue weighted by Gasteiger charge is 2.37. The fraction of sp³-hybridized carbons (Fsp3) is 0.429. The van der Waals surface area contributed by atoms with Crippen LogP contribution in [0.3, 0.4) is 0 Å². The van der Waals surface area contributed by atoms with Crippen LogP contribution >= 0.6 is 0 Å². The van der Waals surface area contributed by atoms with E-state index in [1.165, 1.54) is 0 Å². The van der Waals surface area contributed by atoms with Crippen molar-refractivity contribution >= 4 is 17.4 Å². The molecular weight excluding hydrogens is 568 g/mol. The molecule has 1 atom stereocenters. The molecule has 1 fully saturated rings. The Labute approximate surface area is 265 Å². The zero-order valence-corrected chi connectivity index (χ0v) is 27.0. The molecule has 1 aliphatic heterocycles. The van der Waals surface area contributed by atoms with Gasteiger partial charge in [-0.2, -0.15) is 14.7 Å². The van der Waals surface area contributed by atoms with Crippen molar-refractivity contribution in [1.82, 2.24) is 24.4 Å². The number of hydrogen-bond donors (Lipinski definition) is 1. The van der Waals surface area contributed by atoms with Crippen molar-refractivity contribution in [2.75, 3.05) is 24.6 Å². The van der Waals surface area contributed by atoms with Crippen LogP contribution in [0.4, 0.5) is 5.82 Å². The molecule has 10 heteroatoms. The van der Waals surface area contributed by atoms with Gasteiger partial charge in [0.25, 0.3) is 0 Å². The average molecular weight is 613 g/mol. The number of benzene rings is 1. The van der Waals surface area contributed by atoms with Crippen LogP contribution in [0.5, 0.6) is 0 Å². The Kier molecular flexibility index (Phi) is 9.27. The number of nitrogens with zero attached hydrogens (tertiary/aromatic N) is 6. The first-order valence-electron chi connectivity index (χ1n) is 15.5. The zero-order chi connectivity index (χ0) is 32.4. The molecule has 4 aromatic rings. The molecule has 238 valence electrons. The summed E-state index contributed by atoms with van der Waals surface area (Å²) in [6, 6.07) is 12.0. The molecule has 10 nitrogen and oxygen atoms in total. The molecule has 5 rings (SSSR count). The van der Waals surface area contributed by atoms with Crippen molar-refractivity contribution in [3.63, 3.8) is 0 Å². The average Bonchev–Trinajstić information content (AvgIpc) is 3.65. The lowest BCUT2D eigenvalue weighted by atomic mass is 9.92. The van der Waals surface area contributed by atoms with Crippen molar-refractivity contribution < 1.29 is 19.4 Å².